The van der Waals surface area contributed by atoms with Crippen LogP contribution in [0.2, 0.25) is 0 Å². The summed E-state index contributed by atoms with van der Waals surface area (Å²) < 4.78 is 5.56. The maximum atomic E-state index is 12.0. The van der Waals surface area contributed by atoms with Crippen LogP contribution < -0.4 is 10.6 Å². The van der Waals surface area contributed by atoms with Crippen molar-refractivity contribution in [3.63, 3.8) is 0 Å². The molecule has 0 radical (unpaired) electrons. The molecule has 27 heavy (non-hydrogen) atoms. The van der Waals surface area contributed by atoms with E-state index in [0.29, 0.717) is 34.4 Å². The fourth-order valence-electron chi connectivity index (χ4n) is 3.83. The second-order valence-corrected chi connectivity index (χ2v) is 8.33. The number of pyridine rings is 1. The molecule has 1 fully saturated rings. The Morgan fingerprint density at radius 3 is 2.81 bits per heavy atom. The Labute approximate surface area is 170 Å². The third-order valence-electron chi connectivity index (χ3n) is 5.57. The number of anilines is 1. The van der Waals surface area contributed by atoms with E-state index in [1.165, 1.54) is 32.8 Å². The highest BCUT2D eigenvalue weighted by atomic mass is 79.9. The number of carbonyl (C=O) groups is 1. The van der Waals surface area contributed by atoms with Gasteiger partial charge in [0.25, 0.3) is 0 Å². The molecule has 1 aliphatic rings. The van der Waals surface area contributed by atoms with Gasteiger partial charge in [-0.05, 0) is 47.2 Å². The van der Waals surface area contributed by atoms with Crippen LogP contribution in [0.3, 0.4) is 0 Å². The Balaban J connectivity index is 2.04. The summed E-state index contributed by atoms with van der Waals surface area (Å²) in [5.74, 6) is 0.733. The average Bonchev–Trinajstić information content (AvgIpc) is 2.68. The normalized spacial score (nSPS) is 22.1. The highest BCUT2D eigenvalue weighted by Crippen LogP contribution is 2.26. The van der Waals surface area contributed by atoms with Crippen LogP contribution in [-0.4, -0.2) is 48.4 Å². The van der Waals surface area contributed by atoms with Crippen LogP contribution >= 0.6 is 15.9 Å². The summed E-state index contributed by atoms with van der Waals surface area (Å²) in [7, 11) is 1.35. The number of esters is 1. The molecule has 1 aliphatic carbocycles. The predicted octanol–water partition coefficient (Wildman–Crippen LogP) is 3.60. The van der Waals surface area contributed by atoms with Crippen molar-refractivity contribution in [1.29, 1.82) is 0 Å². The molecule has 1 heterocycles. The van der Waals surface area contributed by atoms with Crippen molar-refractivity contribution < 1.29 is 14.6 Å². The zero-order valence-electron chi connectivity index (χ0n) is 16.5. The Morgan fingerprint density at radius 2 is 2.19 bits per heavy atom. The molecule has 7 heteroatoms. The quantitative estimate of drug-likeness (QED) is 0.507. The van der Waals surface area contributed by atoms with Crippen LogP contribution in [-0.2, 0) is 4.74 Å². The molecule has 0 saturated heterocycles. The number of rotatable bonds is 9. The van der Waals surface area contributed by atoms with Crippen molar-refractivity contribution in [2.24, 2.45) is 11.8 Å². The SMILES string of the molecule is CCC(NC1CCCCC1C)C(CO)CNc1ncc(Br)cc1C(=O)OC. The van der Waals surface area contributed by atoms with E-state index in [2.05, 4.69) is 45.4 Å². The molecule has 152 valence electrons. The maximum Gasteiger partial charge on any atom is 0.341 e. The molecule has 4 unspecified atom stereocenters. The number of hydrogen-bond donors (Lipinski definition) is 3. The lowest BCUT2D eigenvalue weighted by atomic mass is 9.84. The van der Waals surface area contributed by atoms with Crippen LogP contribution in [0.15, 0.2) is 16.7 Å². The van der Waals surface area contributed by atoms with Gasteiger partial charge in [-0.3, -0.25) is 0 Å². The fourth-order valence-corrected chi connectivity index (χ4v) is 4.16. The molecule has 4 atom stereocenters. The zero-order chi connectivity index (χ0) is 19.8. The lowest BCUT2D eigenvalue weighted by molar-refractivity contribution is 0.0601. The molecule has 0 aromatic carbocycles. The Morgan fingerprint density at radius 1 is 1.44 bits per heavy atom. The number of nitrogens with zero attached hydrogens (tertiary/aromatic N) is 1. The van der Waals surface area contributed by atoms with E-state index in [9.17, 15) is 9.90 Å². The molecule has 3 N–H and O–H groups in total. The first-order chi connectivity index (χ1) is 13.0. The molecular formula is C20H32BrN3O3. The number of hydrogen-bond acceptors (Lipinski definition) is 6. The zero-order valence-corrected chi connectivity index (χ0v) is 18.1. The van der Waals surface area contributed by atoms with E-state index in [4.69, 9.17) is 4.74 Å². The number of methoxy groups -OCH3 is 1. The minimum atomic E-state index is -0.437. The number of aromatic nitrogens is 1. The first-order valence-electron chi connectivity index (χ1n) is 9.84. The smallest absolute Gasteiger partial charge is 0.341 e. The van der Waals surface area contributed by atoms with Crippen LogP contribution in [0.4, 0.5) is 5.82 Å². The van der Waals surface area contributed by atoms with Gasteiger partial charge in [-0.25, -0.2) is 9.78 Å². The third-order valence-corrected chi connectivity index (χ3v) is 6.01. The van der Waals surface area contributed by atoms with Crippen molar-refractivity contribution in [1.82, 2.24) is 10.3 Å². The standard InChI is InChI=1S/C20H32BrN3O3/c1-4-17(24-18-8-6-5-7-13(18)2)14(12-25)10-22-19-16(20(26)27-3)9-15(21)11-23-19/h9,11,13-14,17-18,24-25H,4-8,10,12H2,1-3H3,(H,22,23). The number of carbonyl (C=O) groups excluding carboxylic acids is 1. The fraction of sp³-hybridized carbons (Fsp3) is 0.700. The van der Waals surface area contributed by atoms with E-state index in [0.717, 1.165) is 6.42 Å². The summed E-state index contributed by atoms with van der Waals surface area (Å²) in [4.78, 5) is 16.3. The minimum absolute atomic E-state index is 0.0278. The Hall–Kier alpha value is -1.18. The van der Waals surface area contributed by atoms with Gasteiger partial charge in [-0.1, -0.05) is 26.7 Å². The first kappa shape index (κ1) is 22.1. The summed E-state index contributed by atoms with van der Waals surface area (Å²) >= 11 is 3.33. The largest absolute Gasteiger partial charge is 0.465 e. The van der Waals surface area contributed by atoms with Crippen molar-refractivity contribution in [3.8, 4) is 0 Å². The average molecular weight is 442 g/mol. The van der Waals surface area contributed by atoms with E-state index < -0.39 is 5.97 Å². The van der Waals surface area contributed by atoms with E-state index in [1.807, 2.05) is 0 Å². The monoisotopic (exact) mass is 441 g/mol. The molecule has 0 aliphatic heterocycles. The van der Waals surface area contributed by atoms with E-state index >= 15 is 0 Å². The van der Waals surface area contributed by atoms with Crippen molar-refractivity contribution in [2.75, 3.05) is 25.6 Å². The lowest BCUT2D eigenvalue weighted by Gasteiger charge is -2.36. The van der Waals surface area contributed by atoms with Crippen LogP contribution in [0.25, 0.3) is 0 Å². The first-order valence-corrected chi connectivity index (χ1v) is 10.6. The summed E-state index contributed by atoms with van der Waals surface area (Å²) in [5.41, 5.74) is 0.380. The van der Waals surface area contributed by atoms with Crippen molar-refractivity contribution >= 4 is 27.7 Å². The van der Waals surface area contributed by atoms with Gasteiger partial charge in [0.05, 0.1) is 7.11 Å². The van der Waals surface area contributed by atoms with Crippen LogP contribution in [0, 0.1) is 11.8 Å². The maximum absolute atomic E-state index is 12.0. The second-order valence-electron chi connectivity index (χ2n) is 7.41. The topological polar surface area (TPSA) is 83.5 Å². The number of ether oxygens (including phenoxy) is 1. The van der Waals surface area contributed by atoms with Crippen molar-refractivity contribution in [2.45, 2.75) is 58.0 Å². The van der Waals surface area contributed by atoms with Gasteiger partial charge in [0.15, 0.2) is 0 Å². The van der Waals surface area contributed by atoms with Crippen LogP contribution in [0.5, 0.6) is 0 Å². The highest BCUT2D eigenvalue weighted by Gasteiger charge is 2.27. The van der Waals surface area contributed by atoms with Gasteiger partial charge in [0.2, 0.25) is 0 Å². The number of aliphatic hydroxyl groups is 1. The minimum Gasteiger partial charge on any atom is -0.465 e. The number of nitrogens with one attached hydrogen (secondary N) is 2. The molecule has 1 aromatic rings. The molecule has 0 amide bonds. The predicted molar refractivity (Wildman–Crippen MR) is 111 cm³/mol. The lowest BCUT2D eigenvalue weighted by Crippen LogP contribution is -2.49. The Kier molecular flexibility index (Phi) is 8.99. The molecule has 1 saturated carbocycles. The van der Waals surface area contributed by atoms with Gasteiger partial charge >= 0.3 is 5.97 Å². The van der Waals surface area contributed by atoms with E-state index in [-0.39, 0.29) is 18.6 Å². The second kappa shape index (κ2) is 11.0. The van der Waals surface area contributed by atoms with E-state index in [1.54, 1.807) is 12.3 Å². The van der Waals surface area contributed by atoms with Crippen molar-refractivity contribution in [3.05, 3.63) is 22.3 Å². The molecular weight excluding hydrogens is 410 g/mol. The molecule has 6 nitrogen and oxygen atoms in total. The van der Waals surface area contributed by atoms with Gasteiger partial charge in [-0.2, -0.15) is 0 Å². The third kappa shape index (κ3) is 6.16. The number of aliphatic hydroxyl groups excluding tert-OH is 1. The summed E-state index contributed by atoms with van der Waals surface area (Å²) in [6.45, 7) is 5.06. The van der Waals surface area contributed by atoms with Crippen LogP contribution in [0.1, 0.15) is 56.3 Å². The Bertz CT molecular complexity index is 614. The molecule has 2 rings (SSSR count). The highest BCUT2D eigenvalue weighted by molar-refractivity contribution is 9.10. The van der Waals surface area contributed by atoms with Gasteiger partial charge in [0.1, 0.15) is 11.4 Å². The summed E-state index contributed by atoms with van der Waals surface area (Å²) in [6.07, 6.45) is 7.62. The molecule has 1 aromatic heterocycles. The molecule has 0 bridgehead atoms. The summed E-state index contributed by atoms with van der Waals surface area (Å²) in [6, 6.07) is 2.41. The number of halogens is 1. The van der Waals surface area contributed by atoms with Gasteiger partial charge in [0, 0.05) is 41.8 Å². The van der Waals surface area contributed by atoms with Gasteiger partial charge in [-0.15, -0.1) is 0 Å². The summed E-state index contributed by atoms with van der Waals surface area (Å²) in [5, 5.41) is 17.0. The van der Waals surface area contributed by atoms with Gasteiger partial charge < -0.3 is 20.5 Å². The molecule has 0 spiro atoms.